The molecule has 1 aromatic rings. The van der Waals surface area contributed by atoms with Gasteiger partial charge in [-0.3, -0.25) is 4.79 Å². The predicted molar refractivity (Wildman–Crippen MR) is 48.0 cm³/mol. The fraction of sp³-hybridized carbons (Fsp3) is 0.500. The maximum Gasteiger partial charge on any atom is 0.229 e. The molecule has 1 amide bonds. The lowest BCUT2D eigenvalue weighted by Gasteiger charge is -1.97. The van der Waals surface area contributed by atoms with Crippen LogP contribution in [-0.4, -0.2) is 10.9 Å². The van der Waals surface area contributed by atoms with Gasteiger partial charge in [0, 0.05) is 17.5 Å². The van der Waals surface area contributed by atoms with Gasteiger partial charge in [-0.2, -0.15) is 0 Å². The van der Waals surface area contributed by atoms with Gasteiger partial charge in [-0.05, 0) is 12.3 Å². The van der Waals surface area contributed by atoms with Crippen LogP contribution >= 0.6 is 11.3 Å². The topological polar surface area (TPSA) is 42.0 Å². The minimum absolute atomic E-state index is 0.123. The van der Waals surface area contributed by atoms with Crippen molar-refractivity contribution in [2.75, 3.05) is 5.32 Å². The van der Waals surface area contributed by atoms with Crippen molar-refractivity contribution >= 4 is 22.4 Å². The standard InChI is InChI=1S/C8H10N2OS/c1-5-4-6(5)7(11)10-8-9-2-3-12-8/h2-3,5-6H,4H2,1H3,(H,9,10,11). The Morgan fingerprint density at radius 2 is 2.58 bits per heavy atom. The number of anilines is 1. The Hall–Kier alpha value is -0.900. The molecule has 1 N–H and O–H groups in total. The predicted octanol–water partition coefficient (Wildman–Crippen LogP) is 1.74. The molecule has 0 radical (unpaired) electrons. The van der Waals surface area contributed by atoms with E-state index >= 15 is 0 Å². The first-order valence-electron chi connectivity index (χ1n) is 3.97. The van der Waals surface area contributed by atoms with E-state index in [0.717, 1.165) is 6.42 Å². The number of carbonyl (C=O) groups excluding carboxylic acids is 1. The molecule has 2 unspecified atom stereocenters. The normalized spacial score (nSPS) is 26.8. The summed E-state index contributed by atoms with van der Waals surface area (Å²) in [4.78, 5) is 15.3. The summed E-state index contributed by atoms with van der Waals surface area (Å²) in [6.07, 6.45) is 2.72. The van der Waals surface area contributed by atoms with Crippen LogP contribution in [0.15, 0.2) is 11.6 Å². The minimum atomic E-state index is 0.123. The Labute approximate surface area is 74.8 Å². The number of aromatic nitrogens is 1. The zero-order chi connectivity index (χ0) is 8.55. The van der Waals surface area contributed by atoms with Gasteiger partial charge in [-0.1, -0.05) is 6.92 Å². The molecule has 12 heavy (non-hydrogen) atoms. The first-order valence-corrected chi connectivity index (χ1v) is 4.85. The van der Waals surface area contributed by atoms with E-state index in [0.29, 0.717) is 11.0 Å². The van der Waals surface area contributed by atoms with Crippen molar-refractivity contribution in [1.29, 1.82) is 0 Å². The molecule has 0 aromatic carbocycles. The van der Waals surface area contributed by atoms with E-state index in [2.05, 4.69) is 17.2 Å². The number of rotatable bonds is 2. The molecule has 1 saturated carbocycles. The molecule has 1 aliphatic carbocycles. The van der Waals surface area contributed by atoms with Crippen LogP contribution in [0.3, 0.4) is 0 Å². The van der Waals surface area contributed by atoms with Crippen LogP contribution in [0.25, 0.3) is 0 Å². The summed E-state index contributed by atoms with van der Waals surface area (Å²) >= 11 is 1.45. The molecule has 1 aromatic heterocycles. The van der Waals surface area contributed by atoms with Crippen LogP contribution in [0.1, 0.15) is 13.3 Å². The highest BCUT2D eigenvalue weighted by atomic mass is 32.1. The third-order valence-corrected chi connectivity index (χ3v) is 2.80. The van der Waals surface area contributed by atoms with Gasteiger partial charge in [0.15, 0.2) is 5.13 Å². The van der Waals surface area contributed by atoms with Crippen LogP contribution in [0.4, 0.5) is 5.13 Å². The van der Waals surface area contributed by atoms with Crippen LogP contribution in [0.5, 0.6) is 0 Å². The maximum atomic E-state index is 11.3. The largest absolute Gasteiger partial charge is 0.302 e. The molecule has 3 nitrogen and oxygen atoms in total. The average Bonchev–Trinajstić information content (AvgIpc) is 2.58. The number of hydrogen-bond acceptors (Lipinski definition) is 3. The monoisotopic (exact) mass is 182 g/mol. The summed E-state index contributed by atoms with van der Waals surface area (Å²) in [6, 6.07) is 0. The number of thiazole rings is 1. The molecule has 64 valence electrons. The van der Waals surface area contributed by atoms with Crippen molar-refractivity contribution in [3.05, 3.63) is 11.6 Å². The van der Waals surface area contributed by atoms with Crippen molar-refractivity contribution < 1.29 is 4.79 Å². The Morgan fingerprint density at radius 3 is 3.08 bits per heavy atom. The average molecular weight is 182 g/mol. The summed E-state index contributed by atoms with van der Waals surface area (Å²) in [5, 5.41) is 5.34. The summed E-state index contributed by atoms with van der Waals surface area (Å²) < 4.78 is 0. The van der Waals surface area contributed by atoms with Gasteiger partial charge in [-0.25, -0.2) is 4.98 Å². The molecule has 0 spiro atoms. The molecule has 4 heteroatoms. The Bertz CT molecular complexity index is 283. The van der Waals surface area contributed by atoms with Crippen LogP contribution < -0.4 is 5.32 Å². The summed E-state index contributed by atoms with van der Waals surface area (Å²) in [7, 11) is 0. The van der Waals surface area contributed by atoms with Crippen molar-refractivity contribution in [2.45, 2.75) is 13.3 Å². The van der Waals surface area contributed by atoms with E-state index in [4.69, 9.17) is 0 Å². The highest BCUT2D eigenvalue weighted by Gasteiger charge is 2.39. The molecule has 1 aliphatic rings. The zero-order valence-electron chi connectivity index (χ0n) is 6.78. The fourth-order valence-corrected chi connectivity index (χ4v) is 1.70. The molecule has 2 atom stereocenters. The highest BCUT2D eigenvalue weighted by Crippen LogP contribution is 2.38. The van der Waals surface area contributed by atoms with E-state index in [1.807, 2.05) is 5.38 Å². The number of nitrogens with zero attached hydrogens (tertiary/aromatic N) is 1. The van der Waals surface area contributed by atoms with E-state index in [1.165, 1.54) is 11.3 Å². The van der Waals surface area contributed by atoms with Crippen molar-refractivity contribution in [3.63, 3.8) is 0 Å². The third kappa shape index (κ3) is 1.48. The lowest BCUT2D eigenvalue weighted by molar-refractivity contribution is -0.117. The summed E-state index contributed by atoms with van der Waals surface area (Å²) in [5.74, 6) is 0.913. The molecular formula is C8H10N2OS. The van der Waals surface area contributed by atoms with E-state index < -0.39 is 0 Å². The number of amides is 1. The quantitative estimate of drug-likeness (QED) is 0.757. The second-order valence-corrected chi connectivity index (χ2v) is 4.04. The van der Waals surface area contributed by atoms with Gasteiger partial charge in [-0.15, -0.1) is 11.3 Å². The zero-order valence-corrected chi connectivity index (χ0v) is 7.60. The lowest BCUT2D eigenvalue weighted by atomic mass is 10.3. The van der Waals surface area contributed by atoms with Crippen LogP contribution in [0.2, 0.25) is 0 Å². The molecule has 1 fully saturated rings. The second-order valence-electron chi connectivity index (χ2n) is 3.15. The van der Waals surface area contributed by atoms with Crippen LogP contribution in [0, 0.1) is 11.8 Å². The minimum Gasteiger partial charge on any atom is -0.302 e. The number of carbonyl (C=O) groups is 1. The Kier molecular flexibility index (Phi) is 1.84. The third-order valence-electron chi connectivity index (χ3n) is 2.11. The lowest BCUT2D eigenvalue weighted by Crippen LogP contribution is -2.13. The van der Waals surface area contributed by atoms with E-state index in [1.54, 1.807) is 6.20 Å². The molecular weight excluding hydrogens is 172 g/mol. The highest BCUT2D eigenvalue weighted by molar-refractivity contribution is 7.13. The molecule has 1 heterocycles. The van der Waals surface area contributed by atoms with Gasteiger partial charge in [0.05, 0.1) is 0 Å². The molecule has 0 saturated heterocycles. The fourth-order valence-electron chi connectivity index (χ4n) is 1.17. The molecule has 0 bridgehead atoms. The van der Waals surface area contributed by atoms with Gasteiger partial charge in [0.2, 0.25) is 5.91 Å². The van der Waals surface area contributed by atoms with Crippen LogP contribution in [-0.2, 0) is 4.79 Å². The summed E-state index contributed by atoms with van der Waals surface area (Å²) in [6.45, 7) is 2.09. The van der Waals surface area contributed by atoms with E-state index in [9.17, 15) is 4.79 Å². The smallest absolute Gasteiger partial charge is 0.229 e. The van der Waals surface area contributed by atoms with Gasteiger partial charge in [0.1, 0.15) is 0 Å². The van der Waals surface area contributed by atoms with Gasteiger partial charge in [0.25, 0.3) is 0 Å². The maximum absolute atomic E-state index is 11.3. The number of hydrogen-bond donors (Lipinski definition) is 1. The first-order chi connectivity index (χ1) is 5.77. The van der Waals surface area contributed by atoms with Crippen molar-refractivity contribution in [1.82, 2.24) is 4.98 Å². The Balaban J connectivity index is 1.92. The first kappa shape index (κ1) is 7.73. The van der Waals surface area contributed by atoms with Gasteiger partial charge >= 0.3 is 0 Å². The Morgan fingerprint density at radius 1 is 1.83 bits per heavy atom. The van der Waals surface area contributed by atoms with Crippen molar-refractivity contribution in [3.8, 4) is 0 Å². The second kappa shape index (κ2) is 2.86. The molecule has 2 rings (SSSR count). The summed E-state index contributed by atoms with van der Waals surface area (Å²) in [5.41, 5.74) is 0. The van der Waals surface area contributed by atoms with Gasteiger partial charge < -0.3 is 5.32 Å². The number of nitrogens with one attached hydrogen (secondary N) is 1. The van der Waals surface area contributed by atoms with E-state index in [-0.39, 0.29) is 11.8 Å². The van der Waals surface area contributed by atoms with Crippen molar-refractivity contribution in [2.24, 2.45) is 11.8 Å². The SMILES string of the molecule is CC1CC1C(=O)Nc1nccs1. The molecule has 0 aliphatic heterocycles.